The number of primary amides is 1. The standard InChI is InChI=1S/C12H17N5O3/c13-8-9(5-1-2-5)15-16-10(8)12(20)17-4-6(18)3-7(17)11(14)19/h5-7,18H,1-4,13H2,(H2,14,19)(H,15,16). The first-order valence-corrected chi connectivity index (χ1v) is 6.61. The number of aliphatic hydroxyl groups is 1. The number of anilines is 1. The van der Waals surface area contributed by atoms with Crippen molar-refractivity contribution in [1.82, 2.24) is 15.1 Å². The smallest absolute Gasteiger partial charge is 0.277 e. The highest BCUT2D eigenvalue weighted by Gasteiger charge is 2.40. The lowest BCUT2D eigenvalue weighted by atomic mass is 10.1. The van der Waals surface area contributed by atoms with Crippen molar-refractivity contribution < 1.29 is 14.7 Å². The Balaban J connectivity index is 1.86. The second-order valence-corrected chi connectivity index (χ2v) is 5.44. The maximum absolute atomic E-state index is 12.4. The normalized spacial score (nSPS) is 25.9. The molecule has 2 aliphatic rings. The quantitative estimate of drug-likeness (QED) is 0.558. The Kier molecular flexibility index (Phi) is 2.89. The molecule has 2 fully saturated rings. The number of nitrogen functional groups attached to an aromatic ring is 1. The molecular weight excluding hydrogens is 262 g/mol. The molecule has 2 heterocycles. The van der Waals surface area contributed by atoms with Gasteiger partial charge in [0, 0.05) is 18.9 Å². The van der Waals surface area contributed by atoms with Crippen molar-refractivity contribution in [3.63, 3.8) is 0 Å². The maximum atomic E-state index is 12.4. The Hall–Kier alpha value is -2.09. The summed E-state index contributed by atoms with van der Waals surface area (Å²) in [7, 11) is 0. The number of rotatable bonds is 3. The van der Waals surface area contributed by atoms with Crippen LogP contribution in [0.4, 0.5) is 5.69 Å². The summed E-state index contributed by atoms with van der Waals surface area (Å²) < 4.78 is 0. The molecule has 1 aliphatic heterocycles. The number of amides is 2. The zero-order valence-electron chi connectivity index (χ0n) is 10.9. The molecule has 2 atom stereocenters. The summed E-state index contributed by atoms with van der Waals surface area (Å²) in [5.74, 6) is -0.752. The Morgan fingerprint density at radius 3 is 2.70 bits per heavy atom. The molecule has 2 amide bonds. The zero-order chi connectivity index (χ0) is 14.4. The van der Waals surface area contributed by atoms with E-state index in [-0.39, 0.29) is 18.7 Å². The van der Waals surface area contributed by atoms with E-state index in [1.54, 1.807) is 0 Å². The van der Waals surface area contributed by atoms with Crippen LogP contribution in [0.3, 0.4) is 0 Å². The van der Waals surface area contributed by atoms with Crippen LogP contribution in [0.5, 0.6) is 0 Å². The molecule has 1 aromatic rings. The molecular formula is C12H17N5O3. The van der Waals surface area contributed by atoms with Gasteiger partial charge >= 0.3 is 0 Å². The number of β-amino-alcohol motifs (C(OH)–C–C–N with tert-alkyl or cyclic N) is 1. The van der Waals surface area contributed by atoms with Crippen molar-refractivity contribution in [2.75, 3.05) is 12.3 Å². The van der Waals surface area contributed by atoms with Crippen LogP contribution < -0.4 is 11.5 Å². The molecule has 0 bridgehead atoms. The lowest BCUT2D eigenvalue weighted by Gasteiger charge is -2.20. The van der Waals surface area contributed by atoms with E-state index < -0.39 is 24.0 Å². The number of nitrogens with two attached hydrogens (primary N) is 2. The number of hydrogen-bond acceptors (Lipinski definition) is 5. The SMILES string of the molecule is NC(=O)C1CC(O)CN1C(=O)c1n[nH]c(C2CC2)c1N. The lowest BCUT2D eigenvalue weighted by Crippen LogP contribution is -2.44. The van der Waals surface area contributed by atoms with E-state index in [4.69, 9.17) is 11.5 Å². The Labute approximate surface area is 115 Å². The van der Waals surface area contributed by atoms with Gasteiger partial charge in [-0.05, 0) is 12.8 Å². The van der Waals surface area contributed by atoms with Crippen molar-refractivity contribution in [3.8, 4) is 0 Å². The summed E-state index contributed by atoms with van der Waals surface area (Å²) in [6.45, 7) is 0.0670. The first-order valence-electron chi connectivity index (χ1n) is 6.61. The van der Waals surface area contributed by atoms with Crippen LogP contribution in [-0.4, -0.2) is 50.7 Å². The van der Waals surface area contributed by atoms with Gasteiger partial charge < -0.3 is 21.5 Å². The van der Waals surface area contributed by atoms with Crippen LogP contribution in [0.25, 0.3) is 0 Å². The van der Waals surface area contributed by atoms with E-state index in [1.807, 2.05) is 0 Å². The van der Waals surface area contributed by atoms with Crippen LogP contribution in [0.15, 0.2) is 0 Å². The fourth-order valence-corrected chi connectivity index (χ4v) is 2.65. The second kappa shape index (κ2) is 4.48. The number of aromatic amines is 1. The largest absolute Gasteiger partial charge is 0.395 e. The van der Waals surface area contributed by atoms with Crippen molar-refractivity contribution in [1.29, 1.82) is 0 Å². The number of likely N-dealkylation sites (tertiary alicyclic amines) is 1. The number of nitrogens with one attached hydrogen (secondary N) is 1. The number of hydrogen-bond donors (Lipinski definition) is 4. The average Bonchev–Trinajstić information content (AvgIpc) is 3.05. The van der Waals surface area contributed by atoms with Crippen molar-refractivity contribution in [2.45, 2.75) is 37.3 Å². The van der Waals surface area contributed by atoms with Gasteiger partial charge in [-0.15, -0.1) is 0 Å². The summed E-state index contributed by atoms with van der Waals surface area (Å²) in [6.07, 6.45) is 1.47. The van der Waals surface area contributed by atoms with E-state index in [9.17, 15) is 14.7 Å². The molecule has 1 saturated heterocycles. The molecule has 2 unspecified atom stereocenters. The third kappa shape index (κ3) is 2.01. The van der Waals surface area contributed by atoms with Crippen LogP contribution in [0, 0.1) is 0 Å². The summed E-state index contributed by atoms with van der Waals surface area (Å²) in [6, 6.07) is -0.807. The fraction of sp³-hybridized carbons (Fsp3) is 0.583. The molecule has 3 rings (SSSR count). The van der Waals surface area contributed by atoms with E-state index in [0.29, 0.717) is 11.6 Å². The molecule has 1 aromatic heterocycles. The molecule has 0 spiro atoms. The van der Waals surface area contributed by atoms with Gasteiger partial charge in [0.05, 0.1) is 17.5 Å². The number of aromatic nitrogens is 2. The van der Waals surface area contributed by atoms with Gasteiger partial charge in [-0.25, -0.2) is 0 Å². The number of nitrogens with zero attached hydrogens (tertiary/aromatic N) is 2. The molecule has 20 heavy (non-hydrogen) atoms. The maximum Gasteiger partial charge on any atom is 0.277 e. The summed E-state index contributed by atoms with van der Waals surface area (Å²) in [5.41, 5.74) is 12.4. The minimum absolute atomic E-state index is 0.0670. The number of carbonyl (C=O) groups is 2. The van der Waals surface area contributed by atoms with Crippen LogP contribution in [-0.2, 0) is 4.79 Å². The zero-order valence-corrected chi connectivity index (χ0v) is 10.9. The predicted molar refractivity (Wildman–Crippen MR) is 69.6 cm³/mol. The topological polar surface area (TPSA) is 138 Å². The molecule has 8 heteroatoms. The van der Waals surface area contributed by atoms with Crippen LogP contribution >= 0.6 is 0 Å². The lowest BCUT2D eigenvalue weighted by molar-refractivity contribution is -0.121. The van der Waals surface area contributed by atoms with Crippen LogP contribution in [0.1, 0.15) is 41.4 Å². The Morgan fingerprint density at radius 1 is 1.40 bits per heavy atom. The highest BCUT2D eigenvalue weighted by atomic mass is 16.3. The highest BCUT2D eigenvalue weighted by molar-refractivity contribution is 6.00. The van der Waals surface area contributed by atoms with Crippen molar-refractivity contribution >= 4 is 17.5 Å². The van der Waals surface area contributed by atoms with Gasteiger partial charge in [0.25, 0.3) is 5.91 Å². The molecule has 108 valence electrons. The second-order valence-electron chi connectivity index (χ2n) is 5.44. The molecule has 6 N–H and O–H groups in total. The van der Waals surface area contributed by atoms with E-state index >= 15 is 0 Å². The molecule has 8 nitrogen and oxygen atoms in total. The van der Waals surface area contributed by atoms with E-state index in [0.717, 1.165) is 18.5 Å². The number of carbonyl (C=O) groups excluding carboxylic acids is 2. The Bertz CT molecular complexity index is 565. The van der Waals surface area contributed by atoms with Gasteiger partial charge in [0.15, 0.2) is 5.69 Å². The Morgan fingerprint density at radius 2 is 2.10 bits per heavy atom. The van der Waals surface area contributed by atoms with Crippen LogP contribution in [0.2, 0.25) is 0 Å². The number of aliphatic hydroxyl groups excluding tert-OH is 1. The van der Waals surface area contributed by atoms with Crippen molar-refractivity contribution in [3.05, 3.63) is 11.4 Å². The highest BCUT2D eigenvalue weighted by Crippen LogP contribution is 2.42. The van der Waals surface area contributed by atoms with Gasteiger partial charge in [-0.2, -0.15) is 5.10 Å². The molecule has 0 aromatic carbocycles. The van der Waals surface area contributed by atoms with E-state index in [2.05, 4.69) is 10.2 Å². The summed E-state index contributed by atoms with van der Waals surface area (Å²) in [5, 5.41) is 16.4. The first kappa shape index (κ1) is 12.9. The summed E-state index contributed by atoms with van der Waals surface area (Å²) in [4.78, 5) is 25.0. The molecule has 0 radical (unpaired) electrons. The third-order valence-electron chi connectivity index (χ3n) is 3.89. The fourth-order valence-electron chi connectivity index (χ4n) is 2.65. The summed E-state index contributed by atoms with van der Waals surface area (Å²) >= 11 is 0. The van der Waals surface area contributed by atoms with Crippen molar-refractivity contribution in [2.24, 2.45) is 5.73 Å². The van der Waals surface area contributed by atoms with Gasteiger partial charge in [-0.3, -0.25) is 14.7 Å². The monoisotopic (exact) mass is 279 g/mol. The van der Waals surface area contributed by atoms with Gasteiger partial charge in [0.1, 0.15) is 6.04 Å². The van der Waals surface area contributed by atoms with E-state index in [1.165, 1.54) is 4.90 Å². The molecule has 1 saturated carbocycles. The molecule has 1 aliphatic carbocycles. The minimum Gasteiger partial charge on any atom is -0.395 e. The average molecular weight is 279 g/mol. The predicted octanol–water partition coefficient (Wildman–Crippen LogP) is -1.07. The number of H-pyrrole nitrogens is 1. The van der Waals surface area contributed by atoms with Gasteiger partial charge in [-0.1, -0.05) is 0 Å². The third-order valence-corrected chi connectivity index (χ3v) is 3.89. The minimum atomic E-state index is -0.807. The first-order chi connectivity index (χ1) is 9.49. The van der Waals surface area contributed by atoms with Gasteiger partial charge in [0.2, 0.25) is 5.91 Å².